The van der Waals surface area contributed by atoms with Crippen LogP contribution in [0.1, 0.15) is 38.1 Å². The maximum absolute atomic E-state index is 12.1. The number of halogens is 1. The van der Waals surface area contributed by atoms with Gasteiger partial charge >= 0.3 is 5.76 Å². The molecule has 1 aliphatic rings. The van der Waals surface area contributed by atoms with Crippen LogP contribution in [0.2, 0.25) is 0 Å². The fourth-order valence-electron chi connectivity index (χ4n) is 2.61. The summed E-state index contributed by atoms with van der Waals surface area (Å²) in [4.78, 5) is 11.1. The topological polar surface area (TPSA) is 57.3 Å². The Kier molecular flexibility index (Phi) is 5.66. The summed E-state index contributed by atoms with van der Waals surface area (Å²) >= 11 is 4.94. The quantitative estimate of drug-likeness (QED) is 0.629. The number of benzene rings is 1. The number of hydrogen-bond donors (Lipinski definition) is 0. The van der Waals surface area contributed by atoms with Gasteiger partial charge in [-0.05, 0) is 30.9 Å². The molecule has 132 valence electrons. The van der Waals surface area contributed by atoms with Gasteiger partial charge in [0, 0.05) is 15.7 Å². The molecule has 0 radical (unpaired) electrons. The first-order valence-electron chi connectivity index (χ1n) is 8.07. The van der Waals surface area contributed by atoms with Gasteiger partial charge in [0.15, 0.2) is 0 Å². The lowest BCUT2D eigenvalue weighted by molar-refractivity contribution is 0.0642. The van der Waals surface area contributed by atoms with Crippen LogP contribution in [-0.4, -0.2) is 16.3 Å². The largest absolute Gasteiger partial charge is 0.446 e. The molecule has 0 saturated carbocycles. The summed E-state index contributed by atoms with van der Waals surface area (Å²) < 4.78 is 13.6. The number of allylic oxidation sites excluding steroid dienone is 2. The van der Waals surface area contributed by atoms with E-state index in [0.29, 0.717) is 12.4 Å². The van der Waals surface area contributed by atoms with Gasteiger partial charge in [-0.3, -0.25) is 4.52 Å². The first-order chi connectivity index (χ1) is 12.1. The Bertz CT molecular complexity index is 854. The number of aromatic nitrogens is 2. The fourth-order valence-corrected chi connectivity index (χ4v) is 3.96. The molecule has 2 heterocycles. The molecule has 0 spiro atoms. The number of fused-ring (bicyclic) bond motifs is 1. The van der Waals surface area contributed by atoms with Crippen molar-refractivity contribution in [1.29, 1.82) is 0 Å². The van der Waals surface area contributed by atoms with Crippen LogP contribution >= 0.6 is 27.7 Å². The summed E-state index contributed by atoms with van der Waals surface area (Å²) in [5, 5.41) is 5.93. The second kappa shape index (κ2) is 7.76. The summed E-state index contributed by atoms with van der Waals surface area (Å²) in [6.45, 7) is 4.39. The molecule has 1 atom stereocenters. The van der Waals surface area contributed by atoms with Crippen molar-refractivity contribution in [2.75, 3.05) is 6.61 Å². The SMILES string of the molecule is CCC/C=C/COC1(c2ccc(Br)cc2)SC=C(C)n2c1noc2=O. The Hall–Kier alpha value is -1.57. The number of nitrogens with zero attached hydrogens (tertiary/aromatic N) is 2. The van der Waals surface area contributed by atoms with Crippen molar-refractivity contribution in [3.05, 3.63) is 68.2 Å². The number of hydrogen-bond acceptors (Lipinski definition) is 5. The normalized spacial score (nSPS) is 19.9. The molecule has 2 aromatic rings. The van der Waals surface area contributed by atoms with E-state index in [1.807, 2.05) is 42.7 Å². The highest BCUT2D eigenvalue weighted by molar-refractivity contribution is 9.10. The van der Waals surface area contributed by atoms with E-state index in [9.17, 15) is 4.79 Å². The zero-order chi connectivity index (χ0) is 17.9. The Morgan fingerprint density at radius 1 is 1.36 bits per heavy atom. The van der Waals surface area contributed by atoms with Crippen LogP contribution in [-0.2, 0) is 9.67 Å². The van der Waals surface area contributed by atoms with Crippen LogP contribution < -0.4 is 5.76 Å². The standard InChI is InChI=1S/C18H19BrN2O3S/c1-3-4-5-6-11-23-18(14-7-9-15(19)10-8-14)16-20-24-17(22)21(16)13(2)12-25-18/h5-10,12H,3-4,11H2,1-2H3/b6-5+. The third kappa shape index (κ3) is 3.54. The van der Waals surface area contributed by atoms with Gasteiger partial charge in [0.05, 0.1) is 6.61 Å². The third-order valence-electron chi connectivity index (χ3n) is 3.88. The van der Waals surface area contributed by atoms with Gasteiger partial charge in [-0.15, -0.1) is 0 Å². The van der Waals surface area contributed by atoms with Gasteiger partial charge in [0.2, 0.25) is 10.8 Å². The van der Waals surface area contributed by atoms with Crippen molar-refractivity contribution in [2.45, 2.75) is 31.6 Å². The van der Waals surface area contributed by atoms with Gasteiger partial charge in [0.25, 0.3) is 0 Å². The van der Waals surface area contributed by atoms with Crippen LogP contribution in [0.5, 0.6) is 0 Å². The van der Waals surface area contributed by atoms with Crippen LogP contribution in [0.15, 0.2) is 55.6 Å². The lowest BCUT2D eigenvalue weighted by Gasteiger charge is -2.33. The fraction of sp³-hybridized carbons (Fsp3) is 0.333. The highest BCUT2D eigenvalue weighted by Crippen LogP contribution is 2.47. The molecule has 1 aromatic heterocycles. The average molecular weight is 423 g/mol. The lowest BCUT2D eigenvalue weighted by Crippen LogP contribution is -2.35. The molecule has 25 heavy (non-hydrogen) atoms. The van der Waals surface area contributed by atoms with E-state index in [4.69, 9.17) is 9.26 Å². The highest BCUT2D eigenvalue weighted by atomic mass is 79.9. The van der Waals surface area contributed by atoms with E-state index < -0.39 is 10.7 Å². The molecule has 1 aromatic carbocycles. The van der Waals surface area contributed by atoms with Gasteiger partial charge in [-0.1, -0.05) is 70.5 Å². The van der Waals surface area contributed by atoms with E-state index in [-0.39, 0.29) is 0 Å². The molecular weight excluding hydrogens is 404 g/mol. The monoisotopic (exact) mass is 422 g/mol. The number of unbranched alkanes of at least 4 members (excludes halogenated alkanes) is 1. The molecule has 0 bridgehead atoms. The van der Waals surface area contributed by atoms with Crippen LogP contribution in [0, 0.1) is 0 Å². The number of rotatable bonds is 6. The van der Waals surface area contributed by atoms with Gasteiger partial charge in [-0.25, -0.2) is 9.36 Å². The maximum atomic E-state index is 12.1. The van der Waals surface area contributed by atoms with E-state index >= 15 is 0 Å². The molecule has 0 saturated heterocycles. The predicted octanol–water partition coefficient (Wildman–Crippen LogP) is 4.74. The summed E-state index contributed by atoms with van der Waals surface area (Å²) in [5.74, 6) is -0.0515. The Morgan fingerprint density at radius 2 is 2.12 bits per heavy atom. The lowest BCUT2D eigenvalue weighted by atomic mass is 10.1. The minimum atomic E-state index is -0.928. The summed E-state index contributed by atoms with van der Waals surface area (Å²) in [5.41, 5.74) is 1.67. The molecule has 0 fully saturated rings. The third-order valence-corrected chi connectivity index (χ3v) is 5.73. The second-order valence-corrected chi connectivity index (χ2v) is 7.64. The van der Waals surface area contributed by atoms with Crippen molar-refractivity contribution in [1.82, 2.24) is 9.72 Å². The van der Waals surface area contributed by atoms with Crippen molar-refractivity contribution in [3.63, 3.8) is 0 Å². The molecular formula is C18H19BrN2O3S. The maximum Gasteiger partial charge on any atom is 0.446 e. The van der Waals surface area contributed by atoms with Crippen molar-refractivity contribution in [2.24, 2.45) is 0 Å². The highest BCUT2D eigenvalue weighted by Gasteiger charge is 2.44. The Labute approximate surface area is 158 Å². The molecule has 0 N–H and O–H groups in total. The summed E-state index contributed by atoms with van der Waals surface area (Å²) in [6.07, 6.45) is 6.20. The van der Waals surface area contributed by atoms with E-state index in [1.165, 1.54) is 16.3 Å². The zero-order valence-electron chi connectivity index (χ0n) is 14.1. The Balaban J connectivity index is 2.04. The molecule has 3 rings (SSSR count). The van der Waals surface area contributed by atoms with Crippen molar-refractivity contribution >= 4 is 33.4 Å². The minimum absolute atomic E-state index is 0.414. The molecule has 1 unspecified atom stereocenters. The zero-order valence-corrected chi connectivity index (χ0v) is 16.5. The molecule has 0 aliphatic carbocycles. The van der Waals surface area contributed by atoms with Crippen molar-refractivity contribution in [3.8, 4) is 0 Å². The van der Waals surface area contributed by atoms with Gasteiger partial charge in [0.1, 0.15) is 0 Å². The minimum Gasteiger partial charge on any atom is -0.348 e. The predicted molar refractivity (Wildman–Crippen MR) is 103 cm³/mol. The number of ether oxygens (including phenoxy) is 1. The second-order valence-electron chi connectivity index (χ2n) is 5.68. The van der Waals surface area contributed by atoms with Gasteiger partial charge < -0.3 is 4.74 Å². The Morgan fingerprint density at radius 3 is 2.84 bits per heavy atom. The van der Waals surface area contributed by atoms with E-state index in [2.05, 4.69) is 34.1 Å². The van der Waals surface area contributed by atoms with Crippen molar-refractivity contribution < 1.29 is 9.26 Å². The molecule has 5 nitrogen and oxygen atoms in total. The summed E-state index contributed by atoms with van der Waals surface area (Å²) in [6, 6.07) is 7.82. The number of thioether (sulfide) groups is 1. The van der Waals surface area contributed by atoms with E-state index in [0.717, 1.165) is 28.6 Å². The molecule has 0 amide bonds. The van der Waals surface area contributed by atoms with Crippen LogP contribution in [0.4, 0.5) is 0 Å². The van der Waals surface area contributed by atoms with Gasteiger partial charge in [-0.2, -0.15) is 0 Å². The first-order valence-corrected chi connectivity index (χ1v) is 9.75. The summed E-state index contributed by atoms with van der Waals surface area (Å²) in [7, 11) is 0. The smallest absolute Gasteiger partial charge is 0.348 e. The van der Waals surface area contributed by atoms with E-state index in [1.54, 1.807) is 0 Å². The average Bonchev–Trinajstić information content (AvgIpc) is 3.01. The first kappa shape index (κ1) is 18.2. The van der Waals surface area contributed by atoms with Crippen LogP contribution in [0.3, 0.4) is 0 Å². The molecule has 1 aliphatic heterocycles. The van der Waals surface area contributed by atoms with Crippen LogP contribution in [0.25, 0.3) is 5.70 Å². The molecule has 7 heteroatoms.